The first kappa shape index (κ1) is 15.3. The second kappa shape index (κ2) is 6.14. The van der Waals surface area contributed by atoms with Crippen LogP contribution in [-0.4, -0.2) is 14.5 Å². The van der Waals surface area contributed by atoms with Crippen molar-refractivity contribution in [1.29, 1.82) is 0 Å². The van der Waals surface area contributed by atoms with Gasteiger partial charge in [0.1, 0.15) is 0 Å². The lowest BCUT2D eigenvalue weighted by molar-refractivity contribution is 0.310. The minimum Gasteiger partial charge on any atom is -0.398 e. The number of benzene rings is 1. The van der Waals surface area contributed by atoms with E-state index >= 15 is 0 Å². The zero-order valence-electron chi connectivity index (χ0n) is 12.2. The minimum absolute atomic E-state index is 0.0424. The summed E-state index contributed by atoms with van der Waals surface area (Å²) >= 11 is 0. The molecule has 2 atom stereocenters. The van der Waals surface area contributed by atoms with Gasteiger partial charge in [-0.3, -0.25) is 0 Å². The van der Waals surface area contributed by atoms with E-state index in [0.29, 0.717) is 11.6 Å². The van der Waals surface area contributed by atoms with Crippen LogP contribution in [-0.2, 0) is 16.4 Å². The normalized spacial score (nSPS) is 23.7. The predicted molar refractivity (Wildman–Crippen MR) is 82.0 cm³/mol. The summed E-state index contributed by atoms with van der Waals surface area (Å²) in [7, 11) is -3.47. The molecule has 0 heterocycles. The molecule has 1 aromatic rings. The van der Waals surface area contributed by atoms with Crippen molar-refractivity contribution in [3.8, 4) is 0 Å². The van der Waals surface area contributed by atoms with E-state index in [4.69, 9.17) is 5.73 Å². The maximum atomic E-state index is 12.4. The third-order valence-electron chi connectivity index (χ3n) is 4.23. The molecule has 0 amide bonds. The van der Waals surface area contributed by atoms with Crippen LogP contribution in [0.4, 0.5) is 5.69 Å². The summed E-state index contributed by atoms with van der Waals surface area (Å²) in [6, 6.07) is 5.05. The first-order chi connectivity index (χ1) is 9.44. The molecule has 112 valence electrons. The van der Waals surface area contributed by atoms with E-state index in [0.717, 1.165) is 31.2 Å². The molecule has 0 saturated heterocycles. The molecule has 0 aliphatic heterocycles. The summed E-state index contributed by atoms with van der Waals surface area (Å²) < 4.78 is 27.7. The molecule has 3 N–H and O–H groups in total. The highest BCUT2D eigenvalue weighted by atomic mass is 32.2. The summed E-state index contributed by atoms with van der Waals surface area (Å²) in [5.41, 5.74) is 7.43. The molecule has 5 heteroatoms. The maximum Gasteiger partial charge on any atom is 0.240 e. The fourth-order valence-corrected chi connectivity index (χ4v) is 4.23. The molecule has 2 unspecified atom stereocenters. The molecule has 1 fully saturated rings. The van der Waals surface area contributed by atoms with Gasteiger partial charge in [0.25, 0.3) is 0 Å². The Morgan fingerprint density at radius 3 is 2.60 bits per heavy atom. The van der Waals surface area contributed by atoms with Gasteiger partial charge in [0.05, 0.1) is 4.90 Å². The van der Waals surface area contributed by atoms with Crippen LogP contribution >= 0.6 is 0 Å². The van der Waals surface area contributed by atoms with Crippen molar-refractivity contribution in [3.05, 3.63) is 23.8 Å². The summed E-state index contributed by atoms with van der Waals surface area (Å²) in [5, 5.41) is 0. The fourth-order valence-electron chi connectivity index (χ4n) is 2.82. The van der Waals surface area contributed by atoms with Gasteiger partial charge in [0.15, 0.2) is 0 Å². The molecule has 2 rings (SSSR count). The largest absolute Gasteiger partial charge is 0.398 e. The highest BCUT2D eigenvalue weighted by Crippen LogP contribution is 2.26. The lowest BCUT2D eigenvalue weighted by Gasteiger charge is -2.29. The van der Waals surface area contributed by atoms with Crippen LogP contribution in [0.25, 0.3) is 0 Å². The number of aryl methyl sites for hydroxylation is 1. The number of nitrogens with one attached hydrogen (secondary N) is 1. The van der Waals surface area contributed by atoms with Crippen molar-refractivity contribution < 1.29 is 8.42 Å². The number of anilines is 1. The molecular formula is C15H24N2O2S. The Morgan fingerprint density at radius 2 is 2.00 bits per heavy atom. The highest BCUT2D eigenvalue weighted by molar-refractivity contribution is 7.89. The Bertz CT molecular complexity index is 569. The Labute approximate surface area is 121 Å². The van der Waals surface area contributed by atoms with E-state index in [1.807, 2.05) is 6.92 Å². The highest BCUT2D eigenvalue weighted by Gasteiger charge is 2.26. The molecule has 20 heavy (non-hydrogen) atoms. The molecule has 1 aliphatic carbocycles. The number of sulfonamides is 1. The van der Waals surface area contributed by atoms with Crippen LogP contribution in [0.2, 0.25) is 0 Å². The molecular weight excluding hydrogens is 272 g/mol. The van der Waals surface area contributed by atoms with Crippen LogP contribution in [0.5, 0.6) is 0 Å². The van der Waals surface area contributed by atoms with Crippen LogP contribution in [0.1, 0.15) is 45.1 Å². The van der Waals surface area contributed by atoms with Gasteiger partial charge in [-0.15, -0.1) is 0 Å². The van der Waals surface area contributed by atoms with Gasteiger partial charge < -0.3 is 5.73 Å². The third-order valence-corrected chi connectivity index (χ3v) is 5.71. The van der Waals surface area contributed by atoms with Crippen LogP contribution in [0.3, 0.4) is 0 Å². The molecule has 0 spiro atoms. The van der Waals surface area contributed by atoms with Crippen LogP contribution in [0, 0.1) is 5.92 Å². The first-order valence-electron chi connectivity index (χ1n) is 7.34. The molecule has 1 saturated carbocycles. The summed E-state index contributed by atoms with van der Waals surface area (Å²) in [4.78, 5) is 0.268. The number of rotatable bonds is 4. The third kappa shape index (κ3) is 3.33. The van der Waals surface area contributed by atoms with Crippen molar-refractivity contribution in [1.82, 2.24) is 4.72 Å². The monoisotopic (exact) mass is 296 g/mol. The van der Waals surface area contributed by atoms with E-state index in [1.54, 1.807) is 18.2 Å². The molecule has 4 nitrogen and oxygen atoms in total. The second-order valence-electron chi connectivity index (χ2n) is 5.70. The predicted octanol–water partition coefficient (Wildman–Crippen LogP) is 2.69. The Morgan fingerprint density at radius 1 is 1.30 bits per heavy atom. The van der Waals surface area contributed by atoms with Crippen LogP contribution < -0.4 is 10.5 Å². The van der Waals surface area contributed by atoms with Gasteiger partial charge in [-0.1, -0.05) is 32.8 Å². The number of nitrogens with two attached hydrogens (primary N) is 1. The van der Waals surface area contributed by atoms with Crippen molar-refractivity contribution in [2.45, 2.75) is 56.9 Å². The SMILES string of the molecule is CCc1ccc(S(=O)(=O)NC2CCCCC2C)cc1N. The lowest BCUT2D eigenvalue weighted by atomic mass is 9.87. The smallest absolute Gasteiger partial charge is 0.240 e. The van der Waals surface area contributed by atoms with Crippen LogP contribution in [0.15, 0.2) is 23.1 Å². The van der Waals surface area contributed by atoms with E-state index in [1.165, 1.54) is 6.42 Å². The topological polar surface area (TPSA) is 72.2 Å². The average molecular weight is 296 g/mol. The standard InChI is InChI=1S/C15H24N2O2S/c1-3-12-8-9-13(10-14(12)16)20(18,19)17-15-7-5-4-6-11(15)2/h8-11,15,17H,3-7,16H2,1-2H3. The summed E-state index contributed by atoms with van der Waals surface area (Å²) in [5.74, 6) is 0.394. The lowest BCUT2D eigenvalue weighted by Crippen LogP contribution is -2.41. The Kier molecular flexibility index (Phi) is 4.70. The second-order valence-corrected chi connectivity index (χ2v) is 7.42. The van der Waals surface area contributed by atoms with Gasteiger partial charge in [-0.05, 0) is 42.9 Å². The average Bonchev–Trinajstić information content (AvgIpc) is 2.41. The molecule has 0 aromatic heterocycles. The van der Waals surface area contributed by atoms with E-state index in [2.05, 4.69) is 11.6 Å². The van der Waals surface area contributed by atoms with Gasteiger partial charge in [-0.25, -0.2) is 13.1 Å². The van der Waals surface area contributed by atoms with Crippen molar-refractivity contribution in [2.24, 2.45) is 5.92 Å². The van der Waals surface area contributed by atoms with Gasteiger partial charge in [0.2, 0.25) is 10.0 Å². The fraction of sp³-hybridized carbons (Fsp3) is 0.600. The summed E-state index contributed by atoms with van der Waals surface area (Å²) in [6.07, 6.45) is 5.10. The summed E-state index contributed by atoms with van der Waals surface area (Å²) in [6.45, 7) is 4.11. The molecule has 1 aromatic carbocycles. The zero-order valence-corrected chi connectivity index (χ0v) is 13.0. The minimum atomic E-state index is -3.47. The van der Waals surface area contributed by atoms with Gasteiger partial charge in [-0.2, -0.15) is 0 Å². The van der Waals surface area contributed by atoms with E-state index < -0.39 is 10.0 Å². The zero-order chi connectivity index (χ0) is 14.8. The Balaban J connectivity index is 2.19. The maximum absolute atomic E-state index is 12.4. The van der Waals surface area contributed by atoms with Gasteiger partial charge in [0, 0.05) is 11.7 Å². The van der Waals surface area contributed by atoms with E-state index in [-0.39, 0.29) is 10.9 Å². The molecule has 0 radical (unpaired) electrons. The quantitative estimate of drug-likeness (QED) is 0.839. The van der Waals surface area contributed by atoms with Gasteiger partial charge >= 0.3 is 0 Å². The van der Waals surface area contributed by atoms with Crippen molar-refractivity contribution in [3.63, 3.8) is 0 Å². The van der Waals surface area contributed by atoms with Crippen molar-refractivity contribution in [2.75, 3.05) is 5.73 Å². The first-order valence-corrected chi connectivity index (χ1v) is 8.83. The number of nitrogen functional groups attached to an aromatic ring is 1. The number of hydrogen-bond donors (Lipinski definition) is 2. The Hall–Kier alpha value is -1.07. The number of hydrogen-bond acceptors (Lipinski definition) is 3. The van der Waals surface area contributed by atoms with Crippen molar-refractivity contribution >= 4 is 15.7 Å². The molecule has 0 bridgehead atoms. The van der Waals surface area contributed by atoms with E-state index in [9.17, 15) is 8.42 Å². The molecule has 1 aliphatic rings.